The molecule has 1 aromatic carbocycles. The van der Waals surface area contributed by atoms with E-state index in [4.69, 9.17) is 9.47 Å². The van der Waals surface area contributed by atoms with Crippen LogP contribution < -0.4 is 4.74 Å². The molecule has 4 nitrogen and oxygen atoms in total. The van der Waals surface area contributed by atoms with E-state index in [1.54, 1.807) is 31.2 Å². The molecule has 1 heterocycles. The summed E-state index contributed by atoms with van der Waals surface area (Å²) in [5.74, 6) is -0.484. The van der Waals surface area contributed by atoms with Crippen molar-refractivity contribution in [2.45, 2.75) is 13.8 Å². The second-order valence-corrected chi connectivity index (χ2v) is 4.20. The molecule has 0 fully saturated rings. The zero-order valence-electron chi connectivity index (χ0n) is 11.9. The van der Waals surface area contributed by atoms with Gasteiger partial charge in [0.2, 0.25) is 0 Å². The van der Waals surface area contributed by atoms with E-state index < -0.39 is 5.97 Å². The van der Waals surface area contributed by atoms with Crippen LogP contribution in [-0.4, -0.2) is 24.2 Å². The summed E-state index contributed by atoms with van der Waals surface area (Å²) in [5.41, 5.74) is 1.40. The average molecular weight is 289 g/mol. The van der Waals surface area contributed by atoms with Crippen molar-refractivity contribution >= 4 is 5.97 Å². The zero-order valence-corrected chi connectivity index (χ0v) is 11.9. The van der Waals surface area contributed by atoms with Crippen LogP contribution in [0.15, 0.2) is 36.4 Å². The Morgan fingerprint density at radius 1 is 1.10 bits per heavy atom. The van der Waals surface area contributed by atoms with Gasteiger partial charge in [0.05, 0.1) is 18.9 Å². The molecule has 0 saturated carbocycles. The molecule has 21 heavy (non-hydrogen) atoms. The summed E-state index contributed by atoms with van der Waals surface area (Å²) in [6.07, 6.45) is 0. The number of aromatic nitrogens is 1. The minimum atomic E-state index is -0.537. The summed E-state index contributed by atoms with van der Waals surface area (Å²) in [6.45, 7) is 4.22. The molecule has 0 saturated heterocycles. The maximum atomic E-state index is 13.0. The lowest BCUT2D eigenvalue weighted by molar-refractivity contribution is 0.0515. The first-order valence-electron chi connectivity index (χ1n) is 6.72. The van der Waals surface area contributed by atoms with Crippen LogP contribution in [0.3, 0.4) is 0 Å². The van der Waals surface area contributed by atoms with Gasteiger partial charge in [-0.2, -0.15) is 0 Å². The molecule has 0 aliphatic rings. The molecule has 2 aromatic rings. The van der Waals surface area contributed by atoms with E-state index in [0.29, 0.717) is 23.6 Å². The fourth-order valence-corrected chi connectivity index (χ4v) is 1.85. The number of pyridine rings is 1. The SMILES string of the molecule is CCOC(=O)c1nc(-c2ccc(F)cc2)ccc1OCC. The van der Waals surface area contributed by atoms with Gasteiger partial charge < -0.3 is 9.47 Å². The Bertz CT molecular complexity index is 626. The third kappa shape index (κ3) is 3.56. The number of ether oxygens (including phenoxy) is 2. The Morgan fingerprint density at radius 3 is 2.43 bits per heavy atom. The molecule has 0 unspecified atom stereocenters. The summed E-state index contributed by atoms with van der Waals surface area (Å²) in [7, 11) is 0. The molecule has 110 valence electrons. The molecule has 0 aliphatic heterocycles. The van der Waals surface area contributed by atoms with Gasteiger partial charge in [-0.25, -0.2) is 14.2 Å². The Balaban J connectivity index is 2.42. The van der Waals surface area contributed by atoms with Crippen molar-refractivity contribution in [3.63, 3.8) is 0 Å². The van der Waals surface area contributed by atoms with Crippen LogP contribution in [-0.2, 0) is 4.74 Å². The first kappa shape index (κ1) is 15.0. The maximum Gasteiger partial charge on any atom is 0.360 e. The molecule has 5 heteroatoms. The van der Waals surface area contributed by atoms with Crippen LogP contribution in [0.25, 0.3) is 11.3 Å². The van der Waals surface area contributed by atoms with Gasteiger partial charge in [0.1, 0.15) is 5.82 Å². The van der Waals surface area contributed by atoms with E-state index in [2.05, 4.69) is 4.98 Å². The number of nitrogens with zero attached hydrogens (tertiary/aromatic N) is 1. The van der Waals surface area contributed by atoms with Crippen molar-refractivity contribution in [1.82, 2.24) is 4.98 Å². The highest BCUT2D eigenvalue weighted by atomic mass is 19.1. The van der Waals surface area contributed by atoms with Gasteiger partial charge in [-0.15, -0.1) is 0 Å². The van der Waals surface area contributed by atoms with Gasteiger partial charge in [-0.05, 0) is 50.2 Å². The van der Waals surface area contributed by atoms with E-state index in [1.807, 2.05) is 6.92 Å². The van der Waals surface area contributed by atoms with Crippen molar-refractivity contribution in [3.8, 4) is 17.0 Å². The molecule has 0 bridgehead atoms. The van der Waals surface area contributed by atoms with Gasteiger partial charge in [-0.3, -0.25) is 0 Å². The minimum Gasteiger partial charge on any atom is -0.491 e. The highest BCUT2D eigenvalue weighted by molar-refractivity contribution is 5.91. The quantitative estimate of drug-likeness (QED) is 0.791. The smallest absolute Gasteiger partial charge is 0.360 e. The third-order valence-electron chi connectivity index (χ3n) is 2.77. The molecule has 0 aliphatic carbocycles. The number of benzene rings is 1. The van der Waals surface area contributed by atoms with E-state index in [9.17, 15) is 9.18 Å². The summed E-state index contributed by atoms with van der Waals surface area (Å²) >= 11 is 0. The first-order valence-corrected chi connectivity index (χ1v) is 6.72. The molecule has 0 radical (unpaired) electrons. The second kappa shape index (κ2) is 6.83. The number of hydrogen-bond acceptors (Lipinski definition) is 4. The van der Waals surface area contributed by atoms with Gasteiger partial charge in [0, 0.05) is 5.56 Å². The molecular weight excluding hydrogens is 273 g/mol. The lowest BCUT2D eigenvalue weighted by atomic mass is 10.1. The fourth-order valence-electron chi connectivity index (χ4n) is 1.85. The molecule has 0 atom stereocenters. The van der Waals surface area contributed by atoms with Crippen LogP contribution in [0.4, 0.5) is 4.39 Å². The number of hydrogen-bond donors (Lipinski definition) is 0. The molecule has 2 rings (SSSR count). The molecule has 0 N–H and O–H groups in total. The Morgan fingerprint density at radius 2 is 1.81 bits per heavy atom. The third-order valence-corrected chi connectivity index (χ3v) is 2.77. The highest BCUT2D eigenvalue weighted by Crippen LogP contribution is 2.24. The summed E-state index contributed by atoms with van der Waals surface area (Å²) in [6, 6.07) is 9.29. The average Bonchev–Trinajstić information content (AvgIpc) is 2.49. The predicted molar refractivity (Wildman–Crippen MR) is 76.8 cm³/mol. The molecule has 1 aromatic heterocycles. The first-order chi connectivity index (χ1) is 10.2. The molecule has 0 amide bonds. The minimum absolute atomic E-state index is 0.125. The lowest BCUT2D eigenvalue weighted by Crippen LogP contribution is -2.10. The summed E-state index contributed by atoms with van der Waals surface area (Å²) in [5, 5.41) is 0. The van der Waals surface area contributed by atoms with Crippen LogP contribution in [0.1, 0.15) is 24.3 Å². The Labute approximate surface area is 122 Å². The lowest BCUT2D eigenvalue weighted by Gasteiger charge is -2.10. The molecular formula is C16H16FNO3. The van der Waals surface area contributed by atoms with Crippen molar-refractivity contribution in [2.24, 2.45) is 0 Å². The van der Waals surface area contributed by atoms with Crippen molar-refractivity contribution in [2.75, 3.05) is 13.2 Å². The van der Waals surface area contributed by atoms with Gasteiger partial charge >= 0.3 is 5.97 Å². The summed E-state index contributed by atoms with van der Waals surface area (Å²) in [4.78, 5) is 16.2. The second-order valence-electron chi connectivity index (χ2n) is 4.20. The monoisotopic (exact) mass is 289 g/mol. The number of carbonyl (C=O) groups excluding carboxylic acids is 1. The number of halogens is 1. The maximum absolute atomic E-state index is 13.0. The Hall–Kier alpha value is -2.43. The number of rotatable bonds is 5. The normalized spacial score (nSPS) is 10.2. The fraction of sp³-hybridized carbons (Fsp3) is 0.250. The van der Waals surface area contributed by atoms with E-state index in [-0.39, 0.29) is 18.1 Å². The van der Waals surface area contributed by atoms with Crippen LogP contribution >= 0.6 is 0 Å². The van der Waals surface area contributed by atoms with Gasteiger partial charge in [0.15, 0.2) is 11.4 Å². The van der Waals surface area contributed by atoms with Crippen LogP contribution in [0.2, 0.25) is 0 Å². The number of esters is 1. The Kier molecular flexibility index (Phi) is 4.87. The highest BCUT2D eigenvalue weighted by Gasteiger charge is 2.17. The topological polar surface area (TPSA) is 48.4 Å². The summed E-state index contributed by atoms with van der Waals surface area (Å²) < 4.78 is 23.3. The molecule has 0 spiro atoms. The van der Waals surface area contributed by atoms with E-state index in [0.717, 1.165) is 0 Å². The predicted octanol–water partition coefficient (Wildman–Crippen LogP) is 3.46. The van der Waals surface area contributed by atoms with Crippen LogP contribution in [0.5, 0.6) is 5.75 Å². The largest absolute Gasteiger partial charge is 0.491 e. The van der Waals surface area contributed by atoms with E-state index >= 15 is 0 Å². The van der Waals surface area contributed by atoms with Crippen molar-refractivity contribution < 1.29 is 18.7 Å². The van der Waals surface area contributed by atoms with Gasteiger partial charge in [-0.1, -0.05) is 0 Å². The van der Waals surface area contributed by atoms with E-state index in [1.165, 1.54) is 12.1 Å². The van der Waals surface area contributed by atoms with Crippen molar-refractivity contribution in [3.05, 3.63) is 47.9 Å². The standard InChI is InChI=1S/C16H16FNO3/c1-3-20-14-10-9-13(11-5-7-12(17)8-6-11)18-15(14)16(19)21-4-2/h5-10H,3-4H2,1-2H3. The number of carbonyl (C=O) groups is 1. The zero-order chi connectivity index (χ0) is 15.2. The van der Waals surface area contributed by atoms with Crippen molar-refractivity contribution in [1.29, 1.82) is 0 Å². The van der Waals surface area contributed by atoms with Crippen LogP contribution in [0, 0.1) is 5.82 Å². The van der Waals surface area contributed by atoms with Gasteiger partial charge in [0.25, 0.3) is 0 Å².